The van der Waals surface area contributed by atoms with Crippen molar-refractivity contribution in [1.29, 1.82) is 0 Å². The van der Waals surface area contributed by atoms with Crippen LogP contribution in [0.5, 0.6) is 0 Å². The number of benzene rings is 2. The number of hydrogen-bond acceptors (Lipinski definition) is 3. The highest BCUT2D eigenvalue weighted by atomic mass is 32.1. The number of pyridine rings is 1. The molecule has 0 radical (unpaired) electrons. The van der Waals surface area contributed by atoms with E-state index in [9.17, 15) is 9.18 Å². The van der Waals surface area contributed by atoms with Gasteiger partial charge in [0.05, 0.1) is 27.3 Å². The van der Waals surface area contributed by atoms with Gasteiger partial charge in [0.15, 0.2) is 0 Å². The number of amides is 1. The second kappa shape index (κ2) is 6.69. The van der Waals surface area contributed by atoms with Crippen LogP contribution in [0.15, 0.2) is 66.7 Å². The maximum absolute atomic E-state index is 13.9. The van der Waals surface area contributed by atoms with Gasteiger partial charge in [0.1, 0.15) is 5.82 Å². The molecule has 0 fully saturated rings. The molecule has 0 aliphatic heterocycles. The number of halogens is 1. The lowest BCUT2D eigenvalue weighted by Crippen LogP contribution is -2.14. The van der Waals surface area contributed by atoms with Crippen molar-refractivity contribution in [3.63, 3.8) is 0 Å². The Morgan fingerprint density at radius 3 is 2.58 bits per heavy atom. The van der Waals surface area contributed by atoms with Crippen LogP contribution in [0.2, 0.25) is 0 Å². The maximum Gasteiger partial charge on any atom is 0.256 e. The minimum absolute atomic E-state index is 0.159. The van der Waals surface area contributed by atoms with Gasteiger partial charge in [-0.05, 0) is 43.3 Å². The molecule has 0 atom stereocenters. The Hall–Kier alpha value is -3.05. The van der Waals surface area contributed by atoms with Gasteiger partial charge < -0.3 is 5.32 Å². The van der Waals surface area contributed by atoms with Crippen LogP contribution >= 0.6 is 11.3 Å². The number of rotatable bonds is 3. The average Bonchev–Trinajstić information content (AvgIpc) is 3.09. The number of aromatic nitrogens is 1. The number of nitrogens with one attached hydrogen (secondary N) is 1. The van der Waals surface area contributed by atoms with Crippen LogP contribution in [0.3, 0.4) is 0 Å². The summed E-state index contributed by atoms with van der Waals surface area (Å²) in [5.41, 5.74) is 2.10. The van der Waals surface area contributed by atoms with Gasteiger partial charge in [0.25, 0.3) is 5.91 Å². The van der Waals surface area contributed by atoms with Gasteiger partial charge in [-0.15, -0.1) is 11.3 Å². The van der Waals surface area contributed by atoms with E-state index in [0.717, 1.165) is 21.5 Å². The van der Waals surface area contributed by atoms with Crippen molar-refractivity contribution in [2.75, 3.05) is 5.32 Å². The lowest BCUT2D eigenvalue weighted by atomic mass is 10.1. The van der Waals surface area contributed by atoms with E-state index in [2.05, 4.69) is 10.3 Å². The first kappa shape index (κ1) is 16.4. The number of fused-ring (bicyclic) bond motifs is 1. The number of carbonyl (C=O) groups excluding carboxylic acids is 1. The number of carbonyl (C=O) groups is 1. The SMILES string of the molecule is Cc1ccc(-c2cc(C(=O)Nc3ccccc3F)c3ccccc3n2)s1. The van der Waals surface area contributed by atoms with Crippen molar-refractivity contribution in [2.45, 2.75) is 6.92 Å². The summed E-state index contributed by atoms with van der Waals surface area (Å²) in [5.74, 6) is -0.823. The normalized spacial score (nSPS) is 10.8. The molecule has 2 aromatic carbocycles. The van der Waals surface area contributed by atoms with Gasteiger partial charge in [-0.3, -0.25) is 4.79 Å². The van der Waals surface area contributed by atoms with Crippen LogP contribution in [-0.2, 0) is 0 Å². The standard InChI is InChI=1S/C21H15FN2OS/c1-13-10-11-20(26-13)19-12-15(14-6-2-4-8-17(14)23-19)21(25)24-18-9-5-3-7-16(18)22/h2-12H,1H3,(H,24,25). The third-order valence-corrected chi connectivity index (χ3v) is 5.10. The van der Waals surface area contributed by atoms with Gasteiger partial charge in [0, 0.05) is 10.3 Å². The summed E-state index contributed by atoms with van der Waals surface area (Å²) in [5, 5.41) is 3.40. The van der Waals surface area contributed by atoms with Gasteiger partial charge in [-0.2, -0.15) is 0 Å². The van der Waals surface area contributed by atoms with E-state index in [1.54, 1.807) is 35.6 Å². The molecule has 3 nitrogen and oxygen atoms in total. The fraction of sp³-hybridized carbons (Fsp3) is 0.0476. The lowest BCUT2D eigenvalue weighted by Gasteiger charge is -2.10. The fourth-order valence-corrected chi connectivity index (χ4v) is 3.64. The van der Waals surface area contributed by atoms with Gasteiger partial charge in [0.2, 0.25) is 0 Å². The molecule has 2 heterocycles. The first-order chi connectivity index (χ1) is 12.6. The lowest BCUT2D eigenvalue weighted by molar-refractivity contribution is 0.102. The number of thiophene rings is 1. The van der Waals surface area contributed by atoms with Crippen molar-refractivity contribution in [1.82, 2.24) is 4.98 Å². The largest absolute Gasteiger partial charge is 0.319 e. The summed E-state index contributed by atoms with van der Waals surface area (Å²) in [6, 6.07) is 19.4. The molecule has 0 unspecified atom stereocenters. The van der Waals surface area contributed by atoms with Crippen LogP contribution in [0.1, 0.15) is 15.2 Å². The summed E-state index contributed by atoms with van der Waals surface area (Å²) in [6.07, 6.45) is 0. The summed E-state index contributed by atoms with van der Waals surface area (Å²) < 4.78 is 13.9. The van der Waals surface area contributed by atoms with E-state index >= 15 is 0 Å². The number of anilines is 1. The Morgan fingerprint density at radius 2 is 1.81 bits per heavy atom. The number of aryl methyl sites for hydroxylation is 1. The minimum atomic E-state index is -0.465. The first-order valence-corrected chi connectivity index (χ1v) is 8.96. The molecular formula is C21H15FN2OS. The predicted molar refractivity (Wildman–Crippen MR) is 104 cm³/mol. The maximum atomic E-state index is 13.9. The van der Waals surface area contributed by atoms with Crippen molar-refractivity contribution >= 4 is 33.8 Å². The van der Waals surface area contributed by atoms with E-state index in [1.807, 2.05) is 43.3 Å². The van der Waals surface area contributed by atoms with Crippen LogP contribution in [0.4, 0.5) is 10.1 Å². The third kappa shape index (κ3) is 3.09. The molecule has 4 rings (SSSR count). The molecular weight excluding hydrogens is 347 g/mol. The van der Waals surface area contributed by atoms with Crippen molar-refractivity contribution in [3.05, 3.63) is 83.0 Å². The van der Waals surface area contributed by atoms with Crippen molar-refractivity contribution < 1.29 is 9.18 Å². The fourth-order valence-electron chi connectivity index (χ4n) is 2.81. The average molecular weight is 362 g/mol. The zero-order chi connectivity index (χ0) is 18.1. The molecule has 0 aliphatic rings. The highest BCUT2D eigenvalue weighted by molar-refractivity contribution is 7.15. The van der Waals surface area contributed by atoms with Crippen molar-refractivity contribution in [2.24, 2.45) is 0 Å². The molecule has 0 saturated carbocycles. The summed E-state index contributed by atoms with van der Waals surface area (Å²) in [7, 11) is 0. The Labute approximate surface area is 154 Å². The quantitative estimate of drug-likeness (QED) is 0.511. The van der Waals surface area contributed by atoms with E-state index in [1.165, 1.54) is 10.9 Å². The Kier molecular flexibility index (Phi) is 4.22. The molecule has 1 amide bonds. The topological polar surface area (TPSA) is 42.0 Å². The minimum Gasteiger partial charge on any atom is -0.319 e. The van der Waals surface area contributed by atoms with Gasteiger partial charge in [-0.25, -0.2) is 9.37 Å². The van der Waals surface area contributed by atoms with E-state index in [0.29, 0.717) is 5.56 Å². The zero-order valence-electron chi connectivity index (χ0n) is 14.0. The first-order valence-electron chi connectivity index (χ1n) is 8.14. The summed E-state index contributed by atoms with van der Waals surface area (Å²) >= 11 is 1.62. The Morgan fingerprint density at radius 1 is 1.04 bits per heavy atom. The highest BCUT2D eigenvalue weighted by Crippen LogP contribution is 2.30. The molecule has 1 N–H and O–H groups in total. The molecule has 4 aromatic rings. The molecule has 0 bridgehead atoms. The van der Waals surface area contributed by atoms with Gasteiger partial charge >= 0.3 is 0 Å². The van der Waals surface area contributed by atoms with Crippen molar-refractivity contribution in [3.8, 4) is 10.6 Å². The van der Waals surface area contributed by atoms with Gasteiger partial charge in [-0.1, -0.05) is 30.3 Å². The van der Waals surface area contributed by atoms with E-state index in [-0.39, 0.29) is 11.6 Å². The van der Waals surface area contributed by atoms with Crippen LogP contribution in [0.25, 0.3) is 21.5 Å². The van der Waals surface area contributed by atoms with Crippen LogP contribution in [-0.4, -0.2) is 10.9 Å². The Balaban J connectivity index is 1.82. The number of nitrogens with zero attached hydrogens (tertiary/aromatic N) is 1. The summed E-state index contributed by atoms with van der Waals surface area (Å²) in [4.78, 5) is 19.7. The van der Waals surface area contributed by atoms with E-state index < -0.39 is 5.82 Å². The monoisotopic (exact) mass is 362 g/mol. The number of hydrogen-bond donors (Lipinski definition) is 1. The van der Waals surface area contributed by atoms with Crippen LogP contribution < -0.4 is 5.32 Å². The molecule has 5 heteroatoms. The third-order valence-electron chi connectivity index (χ3n) is 4.08. The second-order valence-electron chi connectivity index (χ2n) is 5.92. The summed E-state index contributed by atoms with van der Waals surface area (Å²) in [6.45, 7) is 2.03. The van der Waals surface area contributed by atoms with E-state index in [4.69, 9.17) is 0 Å². The second-order valence-corrected chi connectivity index (χ2v) is 7.20. The Bertz CT molecular complexity index is 1120. The molecule has 0 spiro atoms. The zero-order valence-corrected chi connectivity index (χ0v) is 14.8. The van der Waals surface area contributed by atoms with Crippen LogP contribution in [0, 0.1) is 12.7 Å². The molecule has 2 aromatic heterocycles. The highest BCUT2D eigenvalue weighted by Gasteiger charge is 2.16. The predicted octanol–water partition coefficient (Wildman–Crippen LogP) is 5.66. The molecule has 0 aliphatic carbocycles. The molecule has 0 saturated heterocycles. The smallest absolute Gasteiger partial charge is 0.256 e. The number of para-hydroxylation sites is 2. The molecule has 26 heavy (non-hydrogen) atoms. The molecule has 128 valence electrons.